The fourth-order valence-electron chi connectivity index (χ4n) is 1.93. The van der Waals surface area contributed by atoms with Crippen LogP contribution in [0.3, 0.4) is 0 Å². The third kappa shape index (κ3) is 3.57. The molecule has 7 heteroatoms. The van der Waals surface area contributed by atoms with Crippen LogP contribution >= 0.6 is 11.3 Å². The lowest BCUT2D eigenvalue weighted by molar-refractivity contribution is -0.111. The predicted molar refractivity (Wildman–Crippen MR) is 88.1 cm³/mol. The van der Waals surface area contributed by atoms with Gasteiger partial charge in [0.2, 0.25) is 11.8 Å². The van der Waals surface area contributed by atoms with Crippen molar-refractivity contribution in [3.63, 3.8) is 0 Å². The molecular weight excluding hydrogens is 314 g/mol. The van der Waals surface area contributed by atoms with E-state index in [0.717, 1.165) is 15.4 Å². The Labute approximate surface area is 136 Å². The van der Waals surface area contributed by atoms with E-state index in [-0.39, 0.29) is 5.91 Å². The zero-order chi connectivity index (χ0) is 16.2. The van der Waals surface area contributed by atoms with E-state index in [2.05, 4.69) is 15.5 Å². The Balaban J connectivity index is 1.72. The van der Waals surface area contributed by atoms with Gasteiger partial charge < -0.3 is 14.2 Å². The monoisotopic (exact) mass is 329 g/mol. The van der Waals surface area contributed by atoms with Gasteiger partial charge in [-0.1, -0.05) is 6.92 Å². The van der Waals surface area contributed by atoms with Gasteiger partial charge in [0.15, 0.2) is 0 Å². The lowest BCUT2D eigenvalue weighted by Crippen LogP contribution is -2.07. The van der Waals surface area contributed by atoms with E-state index in [0.29, 0.717) is 24.0 Å². The van der Waals surface area contributed by atoms with Crippen molar-refractivity contribution in [2.45, 2.75) is 20.3 Å². The zero-order valence-corrected chi connectivity index (χ0v) is 13.5. The van der Waals surface area contributed by atoms with Gasteiger partial charge in [0.05, 0.1) is 16.8 Å². The number of anilines is 1. The van der Waals surface area contributed by atoms with Crippen LogP contribution in [0.15, 0.2) is 39.4 Å². The first kappa shape index (κ1) is 15.2. The number of furan rings is 1. The lowest BCUT2D eigenvalue weighted by Gasteiger charge is -1.99. The second-order valence-corrected chi connectivity index (χ2v) is 6.03. The molecule has 1 amide bonds. The van der Waals surface area contributed by atoms with Crippen LogP contribution in [0.4, 0.5) is 5.69 Å². The Morgan fingerprint density at radius 1 is 1.43 bits per heavy atom. The molecule has 3 rings (SSSR count). The molecule has 1 N–H and O–H groups in total. The van der Waals surface area contributed by atoms with Crippen molar-refractivity contribution in [2.75, 3.05) is 5.32 Å². The molecule has 6 nitrogen and oxygen atoms in total. The van der Waals surface area contributed by atoms with E-state index >= 15 is 0 Å². The maximum atomic E-state index is 12.0. The molecular formula is C16H15N3O3S. The van der Waals surface area contributed by atoms with E-state index in [9.17, 15) is 4.79 Å². The average molecular weight is 329 g/mol. The van der Waals surface area contributed by atoms with Crippen LogP contribution in [0.25, 0.3) is 16.8 Å². The Bertz CT molecular complexity index is 831. The third-order valence-corrected chi connectivity index (χ3v) is 4.14. The maximum Gasteiger partial charge on any atom is 0.257 e. The number of thiophene rings is 1. The number of carbonyl (C=O) groups excluding carboxylic acids is 1. The SMILES string of the molecule is CCc1nnc(-c2cc(NC(=O)/C=C/c3ccco3)c(C)s2)o1. The first-order chi connectivity index (χ1) is 11.2. The first-order valence-corrected chi connectivity index (χ1v) is 7.93. The fraction of sp³-hybridized carbons (Fsp3) is 0.188. The zero-order valence-electron chi connectivity index (χ0n) is 12.7. The highest BCUT2D eigenvalue weighted by atomic mass is 32.1. The summed E-state index contributed by atoms with van der Waals surface area (Å²) in [5.41, 5.74) is 0.732. The summed E-state index contributed by atoms with van der Waals surface area (Å²) in [5, 5.41) is 10.8. The number of carbonyl (C=O) groups is 1. The Hall–Kier alpha value is -2.67. The summed E-state index contributed by atoms with van der Waals surface area (Å²) in [6.45, 7) is 3.88. The van der Waals surface area contributed by atoms with Crippen LogP contribution in [0.5, 0.6) is 0 Å². The number of aryl methyl sites for hydroxylation is 2. The summed E-state index contributed by atoms with van der Waals surface area (Å²) >= 11 is 1.50. The summed E-state index contributed by atoms with van der Waals surface area (Å²) < 4.78 is 10.7. The van der Waals surface area contributed by atoms with Gasteiger partial charge in [-0.25, -0.2) is 0 Å². The van der Waals surface area contributed by atoms with Crippen LogP contribution in [-0.4, -0.2) is 16.1 Å². The highest BCUT2D eigenvalue weighted by Gasteiger charge is 2.14. The molecule has 0 saturated heterocycles. The molecule has 3 aromatic rings. The molecule has 0 atom stereocenters. The molecule has 23 heavy (non-hydrogen) atoms. The minimum absolute atomic E-state index is 0.228. The van der Waals surface area contributed by atoms with Gasteiger partial charge in [0.1, 0.15) is 5.76 Å². The number of nitrogens with one attached hydrogen (secondary N) is 1. The topological polar surface area (TPSA) is 81.2 Å². The fourth-order valence-corrected chi connectivity index (χ4v) is 2.82. The van der Waals surface area contributed by atoms with Crippen LogP contribution in [-0.2, 0) is 11.2 Å². The summed E-state index contributed by atoms with van der Waals surface area (Å²) in [6.07, 6.45) is 5.29. The van der Waals surface area contributed by atoms with Crippen molar-refractivity contribution in [1.82, 2.24) is 10.2 Å². The molecule has 0 fully saturated rings. The van der Waals surface area contributed by atoms with E-state index in [4.69, 9.17) is 8.83 Å². The predicted octanol–water partition coefficient (Wildman–Crippen LogP) is 3.91. The number of hydrogen-bond acceptors (Lipinski definition) is 6. The first-order valence-electron chi connectivity index (χ1n) is 7.11. The van der Waals surface area contributed by atoms with Gasteiger partial charge in [-0.15, -0.1) is 21.5 Å². The van der Waals surface area contributed by atoms with Crippen molar-refractivity contribution in [2.24, 2.45) is 0 Å². The Morgan fingerprint density at radius 2 is 2.30 bits per heavy atom. The average Bonchev–Trinajstić information content (AvgIpc) is 3.26. The van der Waals surface area contributed by atoms with Crippen molar-refractivity contribution in [3.05, 3.63) is 47.1 Å². The molecule has 0 aliphatic carbocycles. The highest BCUT2D eigenvalue weighted by molar-refractivity contribution is 7.15. The summed E-state index contributed by atoms with van der Waals surface area (Å²) in [6, 6.07) is 5.38. The lowest BCUT2D eigenvalue weighted by atomic mass is 10.3. The number of hydrogen-bond donors (Lipinski definition) is 1. The second-order valence-electron chi connectivity index (χ2n) is 4.77. The van der Waals surface area contributed by atoms with Crippen molar-refractivity contribution >= 4 is 29.0 Å². The molecule has 0 aliphatic heterocycles. The van der Waals surface area contributed by atoms with Crippen LogP contribution in [0.1, 0.15) is 23.5 Å². The van der Waals surface area contributed by atoms with Crippen molar-refractivity contribution in [3.8, 4) is 10.8 Å². The van der Waals surface area contributed by atoms with Gasteiger partial charge in [-0.2, -0.15) is 0 Å². The molecule has 3 heterocycles. The molecule has 0 saturated carbocycles. The standard InChI is InChI=1S/C16H15N3O3S/c1-3-15-18-19-16(22-15)13-9-12(10(2)23-13)17-14(20)7-6-11-5-4-8-21-11/h4-9H,3H2,1-2H3,(H,17,20)/b7-6+. The molecule has 118 valence electrons. The normalized spacial score (nSPS) is 11.2. The smallest absolute Gasteiger partial charge is 0.257 e. The number of amides is 1. The van der Waals surface area contributed by atoms with Crippen LogP contribution in [0.2, 0.25) is 0 Å². The van der Waals surface area contributed by atoms with Crippen LogP contribution in [0, 0.1) is 6.92 Å². The minimum Gasteiger partial charge on any atom is -0.465 e. The molecule has 0 aromatic carbocycles. The van der Waals surface area contributed by atoms with Gasteiger partial charge >= 0.3 is 0 Å². The summed E-state index contributed by atoms with van der Waals surface area (Å²) in [7, 11) is 0. The minimum atomic E-state index is -0.228. The number of aromatic nitrogens is 2. The maximum absolute atomic E-state index is 12.0. The number of rotatable bonds is 5. The molecule has 0 unspecified atom stereocenters. The largest absolute Gasteiger partial charge is 0.465 e. The van der Waals surface area contributed by atoms with Gasteiger partial charge in [0.25, 0.3) is 5.89 Å². The molecule has 0 bridgehead atoms. The molecule has 3 aromatic heterocycles. The Kier molecular flexibility index (Phi) is 4.38. The molecule has 0 radical (unpaired) electrons. The molecule has 0 aliphatic rings. The van der Waals surface area contributed by atoms with Crippen LogP contribution < -0.4 is 5.32 Å². The third-order valence-electron chi connectivity index (χ3n) is 3.10. The van der Waals surface area contributed by atoms with E-state index < -0.39 is 0 Å². The number of nitrogens with zero attached hydrogens (tertiary/aromatic N) is 2. The van der Waals surface area contributed by atoms with Crippen molar-refractivity contribution in [1.29, 1.82) is 0 Å². The van der Waals surface area contributed by atoms with E-state index in [1.165, 1.54) is 17.4 Å². The van der Waals surface area contributed by atoms with Crippen molar-refractivity contribution < 1.29 is 13.6 Å². The van der Waals surface area contributed by atoms with Gasteiger partial charge in [0, 0.05) is 17.4 Å². The summed E-state index contributed by atoms with van der Waals surface area (Å²) in [4.78, 5) is 13.8. The second kappa shape index (κ2) is 6.62. The highest BCUT2D eigenvalue weighted by Crippen LogP contribution is 2.33. The Morgan fingerprint density at radius 3 is 3.00 bits per heavy atom. The van der Waals surface area contributed by atoms with Gasteiger partial charge in [-0.05, 0) is 31.2 Å². The molecule has 0 spiro atoms. The quantitative estimate of drug-likeness (QED) is 0.718. The van der Waals surface area contributed by atoms with Gasteiger partial charge in [-0.3, -0.25) is 4.79 Å². The summed E-state index contributed by atoms with van der Waals surface area (Å²) in [5.74, 6) is 1.47. The van der Waals surface area contributed by atoms with E-state index in [1.807, 2.05) is 19.9 Å². The van der Waals surface area contributed by atoms with E-state index in [1.54, 1.807) is 24.5 Å².